The second kappa shape index (κ2) is 10.6. The van der Waals surface area contributed by atoms with Gasteiger partial charge in [0.05, 0.1) is 26.7 Å². The van der Waals surface area contributed by atoms with Crippen molar-refractivity contribution in [3.05, 3.63) is 59.7 Å². The van der Waals surface area contributed by atoms with Gasteiger partial charge in [-0.1, -0.05) is 18.2 Å². The van der Waals surface area contributed by atoms with Gasteiger partial charge in [0.1, 0.15) is 0 Å². The molecule has 0 aliphatic carbocycles. The molecule has 0 bridgehead atoms. The van der Waals surface area contributed by atoms with E-state index in [4.69, 9.17) is 9.47 Å². The van der Waals surface area contributed by atoms with Gasteiger partial charge in [-0.2, -0.15) is 0 Å². The maximum Gasteiger partial charge on any atom is 0.248 e. The Morgan fingerprint density at radius 1 is 1.06 bits per heavy atom. The molecule has 1 saturated heterocycles. The van der Waals surface area contributed by atoms with E-state index < -0.39 is 0 Å². The average Bonchev–Trinajstić information content (AvgIpc) is 2.79. The zero-order chi connectivity index (χ0) is 22.2. The number of carbonyl (C=O) groups is 2. The first-order valence-corrected chi connectivity index (χ1v) is 10.2. The highest BCUT2D eigenvalue weighted by Gasteiger charge is 2.21. The van der Waals surface area contributed by atoms with E-state index in [1.165, 1.54) is 6.08 Å². The molecule has 1 fully saturated rings. The zero-order valence-electron chi connectivity index (χ0n) is 17.8. The van der Waals surface area contributed by atoms with Crippen molar-refractivity contribution in [3.8, 4) is 11.5 Å². The number of amides is 2. The first-order valence-electron chi connectivity index (χ1n) is 10.2. The Kier molecular flexibility index (Phi) is 7.67. The Labute approximate surface area is 182 Å². The second-order valence-electron chi connectivity index (χ2n) is 7.42. The number of aliphatic hydroxyl groups excluding tert-OH is 1. The van der Waals surface area contributed by atoms with Gasteiger partial charge in [-0.15, -0.1) is 0 Å². The number of benzene rings is 2. The highest BCUT2D eigenvalue weighted by Crippen LogP contribution is 2.28. The topological polar surface area (TPSA) is 88.1 Å². The van der Waals surface area contributed by atoms with Crippen molar-refractivity contribution < 1.29 is 24.2 Å². The fraction of sp³-hybridized carbons (Fsp3) is 0.333. The van der Waals surface area contributed by atoms with Crippen molar-refractivity contribution in [3.63, 3.8) is 0 Å². The fourth-order valence-corrected chi connectivity index (χ4v) is 3.42. The van der Waals surface area contributed by atoms with E-state index in [1.807, 2.05) is 18.2 Å². The van der Waals surface area contributed by atoms with Crippen molar-refractivity contribution in [1.82, 2.24) is 4.90 Å². The number of rotatable bonds is 7. The SMILES string of the molecule is COc1ccc(C=CC(=O)Nc2ccc(CC(=O)N3CCC(O)CC3)cc2)cc1OC. The normalized spacial score (nSPS) is 14.5. The van der Waals surface area contributed by atoms with Crippen LogP contribution in [0, 0.1) is 0 Å². The maximum atomic E-state index is 12.4. The summed E-state index contributed by atoms with van der Waals surface area (Å²) in [7, 11) is 3.13. The van der Waals surface area contributed by atoms with E-state index in [-0.39, 0.29) is 17.9 Å². The minimum atomic E-state index is -0.298. The molecule has 7 nitrogen and oxygen atoms in total. The van der Waals surface area contributed by atoms with Crippen molar-refractivity contribution >= 4 is 23.6 Å². The number of likely N-dealkylation sites (tertiary alicyclic amines) is 1. The number of nitrogens with one attached hydrogen (secondary N) is 1. The molecule has 0 radical (unpaired) electrons. The van der Waals surface area contributed by atoms with Gasteiger partial charge in [0.15, 0.2) is 11.5 Å². The monoisotopic (exact) mass is 424 g/mol. The van der Waals surface area contributed by atoms with Crippen LogP contribution in [-0.2, 0) is 16.0 Å². The highest BCUT2D eigenvalue weighted by atomic mass is 16.5. The van der Waals surface area contributed by atoms with Crippen molar-refractivity contribution in [2.45, 2.75) is 25.4 Å². The molecule has 2 amide bonds. The molecule has 3 rings (SSSR count). The summed E-state index contributed by atoms with van der Waals surface area (Å²) in [5, 5.41) is 12.4. The summed E-state index contributed by atoms with van der Waals surface area (Å²) in [6.45, 7) is 1.20. The lowest BCUT2D eigenvalue weighted by Crippen LogP contribution is -2.40. The number of methoxy groups -OCH3 is 2. The molecule has 0 unspecified atom stereocenters. The Balaban J connectivity index is 1.53. The van der Waals surface area contributed by atoms with Gasteiger partial charge in [-0.25, -0.2) is 0 Å². The predicted octanol–water partition coefficient (Wildman–Crippen LogP) is 2.88. The van der Waals surface area contributed by atoms with Gasteiger partial charge in [-0.3, -0.25) is 9.59 Å². The molecule has 0 aromatic heterocycles. The molecule has 31 heavy (non-hydrogen) atoms. The number of aliphatic hydroxyl groups is 1. The van der Waals surface area contributed by atoms with Crippen molar-refractivity contribution in [2.24, 2.45) is 0 Å². The number of anilines is 1. The Morgan fingerprint density at radius 3 is 2.39 bits per heavy atom. The van der Waals surface area contributed by atoms with Crippen LogP contribution in [0.2, 0.25) is 0 Å². The molecule has 0 atom stereocenters. The van der Waals surface area contributed by atoms with E-state index in [2.05, 4.69) is 5.32 Å². The number of nitrogens with zero attached hydrogens (tertiary/aromatic N) is 1. The lowest BCUT2D eigenvalue weighted by Gasteiger charge is -2.29. The summed E-state index contributed by atoms with van der Waals surface area (Å²) in [6.07, 6.45) is 4.42. The van der Waals surface area contributed by atoms with E-state index in [1.54, 1.807) is 49.5 Å². The summed E-state index contributed by atoms with van der Waals surface area (Å²) in [4.78, 5) is 26.4. The molecule has 1 aliphatic heterocycles. The van der Waals surface area contributed by atoms with E-state index in [0.29, 0.717) is 49.5 Å². The molecular weight excluding hydrogens is 396 g/mol. The summed E-state index contributed by atoms with van der Waals surface area (Å²) >= 11 is 0. The van der Waals surface area contributed by atoms with Gasteiger partial charge in [0, 0.05) is 24.9 Å². The summed E-state index contributed by atoms with van der Waals surface area (Å²) in [5.41, 5.74) is 2.35. The number of ether oxygens (including phenoxy) is 2. The van der Waals surface area contributed by atoms with Crippen LogP contribution in [0.3, 0.4) is 0 Å². The van der Waals surface area contributed by atoms with Gasteiger partial charge in [0.25, 0.3) is 0 Å². The lowest BCUT2D eigenvalue weighted by molar-refractivity contribution is -0.132. The van der Waals surface area contributed by atoms with Crippen LogP contribution in [0.15, 0.2) is 48.5 Å². The van der Waals surface area contributed by atoms with Crippen molar-refractivity contribution in [2.75, 3.05) is 32.6 Å². The van der Waals surface area contributed by atoms with Crippen LogP contribution in [0.1, 0.15) is 24.0 Å². The van der Waals surface area contributed by atoms with Crippen LogP contribution >= 0.6 is 0 Å². The van der Waals surface area contributed by atoms with Crippen LogP contribution in [0.5, 0.6) is 11.5 Å². The molecule has 2 aromatic rings. The van der Waals surface area contributed by atoms with Gasteiger partial charge in [0.2, 0.25) is 11.8 Å². The van der Waals surface area contributed by atoms with Crippen LogP contribution in [0.4, 0.5) is 5.69 Å². The lowest BCUT2D eigenvalue weighted by atomic mass is 10.1. The van der Waals surface area contributed by atoms with Gasteiger partial charge in [-0.05, 0) is 54.3 Å². The Morgan fingerprint density at radius 2 is 1.74 bits per heavy atom. The zero-order valence-corrected chi connectivity index (χ0v) is 17.8. The quantitative estimate of drug-likeness (QED) is 0.668. The molecule has 1 heterocycles. The maximum absolute atomic E-state index is 12.4. The molecule has 0 saturated carbocycles. The fourth-order valence-electron chi connectivity index (χ4n) is 3.42. The minimum Gasteiger partial charge on any atom is -0.493 e. The van der Waals surface area contributed by atoms with Crippen LogP contribution in [0.25, 0.3) is 6.08 Å². The number of piperidine rings is 1. The summed E-state index contributed by atoms with van der Waals surface area (Å²) in [5.74, 6) is 1.02. The molecule has 164 valence electrons. The number of hydrogen-bond donors (Lipinski definition) is 2. The first kappa shape index (κ1) is 22.4. The molecular formula is C24H28N2O5. The molecule has 1 aliphatic rings. The Bertz CT molecular complexity index is 931. The third kappa shape index (κ3) is 6.33. The molecule has 2 aromatic carbocycles. The standard InChI is InChI=1S/C24H28N2O5/c1-30-21-9-5-17(15-22(21)31-2)6-10-23(28)25-19-7-3-18(4-8-19)16-24(29)26-13-11-20(27)12-14-26/h3-10,15,20,27H,11-14,16H2,1-2H3,(H,25,28). The van der Waals surface area contributed by atoms with Crippen molar-refractivity contribution in [1.29, 1.82) is 0 Å². The summed E-state index contributed by atoms with van der Waals surface area (Å²) in [6, 6.07) is 12.6. The second-order valence-corrected chi connectivity index (χ2v) is 7.42. The third-order valence-electron chi connectivity index (χ3n) is 5.23. The third-order valence-corrected chi connectivity index (χ3v) is 5.23. The molecule has 7 heteroatoms. The highest BCUT2D eigenvalue weighted by molar-refractivity contribution is 6.02. The summed E-state index contributed by atoms with van der Waals surface area (Å²) < 4.78 is 10.5. The van der Waals surface area contributed by atoms with Gasteiger partial charge < -0.3 is 24.8 Å². The van der Waals surface area contributed by atoms with E-state index in [0.717, 1.165) is 11.1 Å². The number of hydrogen-bond acceptors (Lipinski definition) is 5. The minimum absolute atomic E-state index is 0.0570. The smallest absolute Gasteiger partial charge is 0.248 e. The van der Waals surface area contributed by atoms with E-state index >= 15 is 0 Å². The molecule has 0 spiro atoms. The average molecular weight is 424 g/mol. The van der Waals surface area contributed by atoms with Crippen LogP contribution < -0.4 is 14.8 Å². The van der Waals surface area contributed by atoms with Crippen LogP contribution in [-0.4, -0.2) is 55.2 Å². The predicted molar refractivity (Wildman–Crippen MR) is 119 cm³/mol. The molecule has 2 N–H and O–H groups in total. The van der Waals surface area contributed by atoms with Gasteiger partial charge >= 0.3 is 0 Å². The number of carbonyl (C=O) groups excluding carboxylic acids is 2. The Hall–Kier alpha value is -3.32. The first-order chi connectivity index (χ1) is 15.0. The largest absolute Gasteiger partial charge is 0.493 e. The van der Waals surface area contributed by atoms with E-state index in [9.17, 15) is 14.7 Å².